The number of aryl methyl sites for hydroxylation is 1. The molecule has 1 amide bonds. The molecule has 0 radical (unpaired) electrons. The molecule has 0 aliphatic rings. The third kappa shape index (κ3) is 5.51. The Hall–Kier alpha value is -3.05. The maximum atomic E-state index is 12.1. The van der Waals surface area contributed by atoms with Crippen LogP contribution < -0.4 is 5.32 Å². The topological polar surface area (TPSA) is 120 Å². The molecule has 0 aliphatic heterocycles. The SMILES string of the molecule is O=C(CCc1nc(CSc2nnc(-c3ccncc3)o2)no1)Nc1cccc(Br)c1. The van der Waals surface area contributed by atoms with Crippen molar-refractivity contribution in [3.63, 3.8) is 0 Å². The summed E-state index contributed by atoms with van der Waals surface area (Å²) in [7, 11) is 0. The minimum atomic E-state index is -0.128. The molecule has 9 nitrogen and oxygen atoms in total. The Bertz CT molecular complexity index is 1130. The monoisotopic (exact) mass is 486 g/mol. The number of hydrogen-bond donors (Lipinski definition) is 1. The van der Waals surface area contributed by atoms with Gasteiger partial charge in [-0.25, -0.2) is 0 Å². The van der Waals surface area contributed by atoms with Crippen LogP contribution in [0.15, 0.2) is 67.4 Å². The molecule has 0 fully saturated rings. The van der Waals surface area contributed by atoms with E-state index in [1.54, 1.807) is 24.5 Å². The highest BCUT2D eigenvalue weighted by Gasteiger charge is 2.13. The van der Waals surface area contributed by atoms with Crippen LogP contribution in [0.1, 0.15) is 18.1 Å². The number of aromatic nitrogens is 5. The van der Waals surface area contributed by atoms with E-state index in [1.165, 1.54) is 11.8 Å². The molecule has 0 saturated heterocycles. The normalized spacial score (nSPS) is 10.8. The summed E-state index contributed by atoms with van der Waals surface area (Å²) in [4.78, 5) is 20.3. The molecular weight excluding hydrogens is 472 g/mol. The van der Waals surface area contributed by atoms with E-state index in [-0.39, 0.29) is 12.3 Å². The minimum absolute atomic E-state index is 0.128. The highest BCUT2D eigenvalue weighted by Crippen LogP contribution is 2.24. The van der Waals surface area contributed by atoms with Gasteiger partial charge in [-0.1, -0.05) is 38.9 Å². The van der Waals surface area contributed by atoms with E-state index in [0.29, 0.717) is 35.0 Å². The zero-order valence-electron chi connectivity index (χ0n) is 15.5. The predicted molar refractivity (Wildman–Crippen MR) is 112 cm³/mol. The first kappa shape index (κ1) is 20.2. The van der Waals surface area contributed by atoms with Crippen LogP contribution in [-0.2, 0) is 17.0 Å². The lowest BCUT2D eigenvalue weighted by Crippen LogP contribution is -2.12. The Morgan fingerprint density at radius 2 is 2.03 bits per heavy atom. The summed E-state index contributed by atoms with van der Waals surface area (Å²) >= 11 is 4.68. The Kier molecular flexibility index (Phi) is 6.50. The molecule has 4 aromatic rings. The fourth-order valence-corrected chi connectivity index (χ4v) is 3.47. The Morgan fingerprint density at radius 1 is 1.17 bits per heavy atom. The number of amides is 1. The van der Waals surface area contributed by atoms with Gasteiger partial charge in [-0.2, -0.15) is 4.98 Å². The highest BCUT2D eigenvalue weighted by molar-refractivity contribution is 9.10. The molecule has 0 bridgehead atoms. The van der Waals surface area contributed by atoms with Crippen LogP contribution in [-0.4, -0.2) is 31.2 Å². The number of benzene rings is 1. The van der Waals surface area contributed by atoms with Gasteiger partial charge in [0.1, 0.15) is 0 Å². The molecule has 1 N–H and O–H groups in total. The molecular formula is C19H15BrN6O3S. The number of rotatable bonds is 8. The number of thioether (sulfide) groups is 1. The maximum Gasteiger partial charge on any atom is 0.277 e. The third-order valence-corrected chi connectivity index (χ3v) is 5.15. The van der Waals surface area contributed by atoms with Crippen LogP contribution in [0, 0.1) is 0 Å². The van der Waals surface area contributed by atoms with Gasteiger partial charge in [-0.3, -0.25) is 9.78 Å². The van der Waals surface area contributed by atoms with Crippen molar-refractivity contribution < 1.29 is 13.7 Å². The van der Waals surface area contributed by atoms with Gasteiger partial charge in [0.05, 0.1) is 5.75 Å². The lowest BCUT2D eigenvalue weighted by molar-refractivity contribution is -0.116. The van der Waals surface area contributed by atoms with Crippen molar-refractivity contribution >= 4 is 39.3 Å². The van der Waals surface area contributed by atoms with Gasteiger partial charge in [0.2, 0.25) is 17.7 Å². The molecule has 30 heavy (non-hydrogen) atoms. The third-order valence-electron chi connectivity index (χ3n) is 3.84. The molecule has 0 unspecified atom stereocenters. The highest BCUT2D eigenvalue weighted by atomic mass is 79.9. The van der Waals surface area contributed by atoms with Crippen molar-refractivity contribution in [3.8, 4) is 11.5 Å². The number of hydrogen-bond acceptors (Lipinski definition) is 9. The number of halogens is 1. The van der Waals surface area contributed by atoms with E-state index in [9.17, 15) is 4.79 Å². The summed E-state index contributed by atoms with van der Waals surface area (Å²) in [5, 5.41) is 15.2. The summed E-state index contributed by atoms with van der Waals surface area (Å²) in [5.74, 6) is 1.59. The van der Waals surface area contributed by atoms with E-state index in [0.717, 1.165) is 15.7 Å². The van der Waals surface area contributed by atoms with Gasteiger partial charge < -0.3 is 14.3 Å². The fourth-order valence-electron chi connectivity index (χ4n) is 2.47. The van der Waals surface area contributed by atoms with Gasteiger partial charge in [0.15, 0.2) is 5.82 Å². The van der Waals surface area contributed by atoms with E-state index in [1.807, 2.05) is 24.3 Å². The number of nitrogens with one attached hydrogen (secondary N) is 1. The molecule has 152 valence electrons. The average Bonchev–Trinajstić information content (AvgIpc) is 3.41. The summed E-state index contributed by atoms with van der Waals surface area (Å²) in [6, 6.07) is 11.0. The number of pyridine rings is 1. The van der Waals surface area contributed by atoms with Gasteiger partial charge in [0.25, 0.3) is 5.22 Å². The second kappa shape index (κ2) is 9.63. The molecule has 3 heterocycles. The Labute approximate surface area is 183 Å². The lowest BCUT2D eigenvalue weighted by atomic mass is 10.2. The van der Waals surface area contributed by atoms with E-state index >= 15 is 0 Å². The van der Waals surface area contributed by atoms with Gasteiger partial charge >= 0.3 is 0 Å². The predicted octanol–water partition coefficient (Wildman–Crippen LogP) is 4.14. The van der Waals surface area contributed by atoms with Crippen molar-refractivity contribution in [2.75, 3.05) is 5.32 Å². The zero-order valence-corrected chi connectivity index (χ0v) is 17.9. The second-order valence-corrected chi connectivity index (χ2v) is 7.90. The summed E-state index contributed by atoms with van der Waals surface area (Å²) in [5.41, 5.74) is 1.52. The van der Waals surface area contributed by atoms with Crippen molar-refractivity contribution in [3.05, 3.63) is 65.0 Å². The lowest BCUT2D eigenvalue weighted by Gasteiger charge is -2.04. The van der Waals surface area contributed by atoms with Crippen molar-refractivity contribution in [2.24, 2.45) is 0 Å². The first-order valence-electron chi connectivity index (χ1n) is 8.89. The second-order valence-electron chi connectivity index (χ2n) is 6.06. The molecule has 4 rings (SSSR count). The van der Waals surface area contributed by atoms with E-state index < -0.39 is 0 Å². The summed E-state index contributed by atoms with van der Waals surface area (Å²) in [6.07, 6.45) is 3.91. The van der Waals surface area contributed by atoms with Gasteiger partial charge in [0, 0.05) is 41.0 Å². The molecule has 0 atom stereocenters. The van der Waals surface area contributed by atoms with Crippen molar-refractivity contribution in [1.82, 2.24) is 25.3 Å². The van der Waals surface area contributed by atoms with Gasteiger partial charge in [-0.05, 0) is 30.3 Å². The van der Waals surface area contributed by atoms with Crippen molar-refractivity contribution in [2.45, 2.75) is 23.8 Å². The average molecular weight is 487 g/mol. The zero-order chi connectivity index (χ0) is 20.8. The van der Waals surface area contributed by atoms with Crippen LogP contribution in [0.2, 0.25) is 0 Å². The van der Waals surface area contributed by atoms with Crippen LogP contribution in [0.4, 0.5) is 5.69 Å². The van der Waals surface area contributed by atoms with Crippen LogP contribution in [0.3, 0.4) is 0 Å². The Morgan fingerprint density at radius 3 is 2.87 bits per heavy atom. The molecule has 0 saturated carbocycles. The van der Waals surface area contributed by atoms with Gasteiger partial charge in [-0.15, -0.1) is 10.2 Å². The number of anilines is 1. The molecule has 11 heteroatoms. The van der Waals surface area contributed by atoms with Crippen LogP contribution in [0.5, 0.6) is 0 Å². The maximum absolute atomic E-state index is 12.1. The first-order valence-corrected chi connectivity index (χ1v) is 10.7. The quantitative estimate of drug-likeness (QED) is 0.366. The number of carbonyl (C=O) groups is 1. The molecule has 0 aliphatic carbocycles. The van der Waals surface area contributed by atoms with E-state index in [2.05, 4.69) is 46.6 Å². The largest absolute Gasteiger partial charge is 0.411 e. The first-order chi connectivity index (χ1) is 14.7. The van der Waals surface area contributed by atoms with Crippen LogP contribution in [0.25, 0.3) is 11.5 Å². The summed E-state index contributed by atoms with van der Waals surface area (Å²) in [6.45, 7) is 0. The molecule has 1 aromatic carbocycles. The minimum Gasteiger partial charge on any atom is -0.411 e. The number of carbonyl (C=O) groups excluding carboxylic acids is 1. The molecule has 3 aromatic heterocycles. The summed E-state index contributed by atoms with van der Waals surface area (Å²) < 4.78 is 11.7. The van der Waals surface area contributed by atoms with E-state index in [4.69, 9.17) is 8.94 Å². The van der Waals surface area contributed by atoms with Crippen LogP contribution >= 0.6 is 27.7 Å². The molecule has 0 spiro atoms. The Balaban J connectivity index is 1.25. The number of nitrogens with zero attached hydrogens (tertiary/aromatic N) is 5. The fraction of sp³-hybridized carbons (Fsp3) is 0.158. The standard InChI is InChI=1S/C19H15BrN6O3S/c20-13-2-1-3-14(10-13)22-16(27)4-5-17-23-15(26-29-17)11-30-19-25-24-18(28-19)12-6-8-21-9-7-12/h1-3,6-10H,4-5,11H2,(H,22,27). The van der Waals surface area contributed by atoms with Crippen molar-refractivity contribution in [1.29, 1.82) is 0 Å². The smallest absolute Gasteiger partial charge is 0.277 e.